The van der Waals surface area contributed by atoms with Crippen LogP contribution in [0.5, 0.6) is 0 Å². The zero-order chi connectivity index (χ0) is 20.1. The molecule has 0 aliphatic carbocycles. The molecular formula is C18H16F4N4OS. The van der Waals surface area contributed by atoms with Crippen LogP contribution in [0.15, 0.2) is 29.3 Å². The van der Waals surface area contributed by atoms with Crippen molar-refractivity contribution in [2.24, 2.45) is 4.99 Å². The number of nitrogens with one attached hydrogen (secondary N) is 2. The van der Waals surface area contributed by atoms with E-state index >= 15 is 0 Å². The minimum absolute atomic E-state index is 0.0539. The van der Waals surface area contributed by atoms with Crippen molar-refractivity contribution in [1.82, 2.24) is 15.6 Å². The van der Waals surface area contributed by atoms with E-state index in [0.717, 1.165) is 12.1 Å². The van der Waals surface area contributed by atoms with Gasteiger partial charge in [-0.1, -0.05) is 0 Å². The third-order valence-corrected chi connectivity index (χ3v) is 5.78. The maximum atomic E-state index is 13.5. The summed E-state index contributed by atoms with van der Waals surface area (Å²) in [5.74, 6) is -0.108. The average molecular weight is 412 g/mol. The lowest BCUT2D eigenvalue weighted by Crippen LogP contribution is -2.51. The van der Waals surface area contributed by atoms with Crippen LogP contribution in [0.1, 0.15) is 31.0 Å². The van der Waals surface area contributed by atoms with Crippen LogP contribution < -0.4 is 10.6 Å². The number of rotatable bonds is 2. The summed E-state index contributed by atoms with van der Waals surface area (Å²) in [6.07, 6.45) is -3.67. The van der Waals surface area contributed by atoms with E-state index in [0.29, 0.717) is 30.7 Å². The number of carbonyl (C=O) groups is 1. The fraction of sp³-hybridized carbons (Fsp3) is 0.389. The van der Waals surface area contributed by atoms with Crippen LogP contribution in [0.25, 0.3) is 10.6 Å². The van der Waals surface area contributed by atoms with Crippen LogP contribution >= 0.6 is 11.3 Å². The highest BCUT2D eigenvalue weighted by molar-refractivity contribution is 7.13. The summed E-state index contributed by atoms with van der Waals surface area (Å²) < 4.78 is 53.0. The molecule has 0 saturated carbocycles. The van der Waals surface area contributed by atoms with E-state index < -0.39 is 22.5 Å². The molecule has 28 heavy (non-hydrogen) atoms. The largest absolute Gasteiger partial charge is 0.433 e. The molecule has 1 amide bonds. The van der Waals surface area contributed by atoms with E-state index in [1.165, 1.54) is 12.1 Å². The SMILES string of the molecule is C[C@H]1C[C@@]2(CCN1)N=C(c1ccc(C(F)(F)F)nc1-c1ccc(F)s1)NC2=O. The molecule has 4 rings (SSSR count). The van der Waals surface area contributed by atoms with Crippen molar-refractivity contribution in [3.63, 3.8) is 0 Å². The van der Waals surface area contributed by atoms with Crippen molar-refractivity contribution in [2.75, 3.05) is 6.54 Å². The summed E-state index contributed by atoms with van der Waals surface area (Å²) in [6.45, 7) is 2.56. The number of alkyl halides is 3. The second kappa shape index (κ2) is 6.63. The average Bonchev–Trinajstić information content (AvgIpc) is 3.18. The van der Waals surface area contributed by atoms with Crippen LogP contribution in [-0.2, 0) is 11.0 Å². The Morgan fingerprint density at radius 2 is 2.04 bits per heavy atom. The number of amides is 1. The van der Waals surface area contributed by atoms with E-state index in [4.69, 9.17) is 0 Å². The maximum absolute atomic E-state index is 13.5. The Bertz CT molecular complexity index is 971. The van der Waals surface area contributed by atoms with E-state index in [1.54, 1.807) is 0 Å². The fourth-order valence-corrected chi connectivity index (χ4v) is 4.33. The van der Waals surface area contributed by atoms with Gasteiger partial charge in [-0.2, -0.15) is 17.6 Å². The minimum Gasteiger partial charge on any atom is -0.314 e. The highest BCUT2D eigenvalue weighted by atomic mass is 32.1. The third kappa shape index (κ3) is 3.30. The van der Waals surface area contributed by atoms with Crippen molar-refractivity contribution in [1.29, 1.82) is 0 Å². The summed E-state index contributed by atoms with van der Waals surface area (Å²) in [6, 6.07) is 4.68. The van der Waals surface area contributed by atoms with Crippen molar-refractivity contribution in [3.8, 4) is 10.6 Å². The molecule has 10 heteroatoms. The lowest BCUT2D eigenvalue weighted by atomic mass is 9.85. The monoisotopic (exact) mass is 412 g/mol. The van der Waals surface area contributed by atoms with Crippen LogP contribution in [-0.4, -0.2) is 34.9 Å². The molecule has 1 saturated heterocycles. The lowest BCUT2D eigenvalue weighted by molar-refractivity contribution is -0.141. The second-order valence-electron chi connectivity index (χ2n) is 6.95. The molecule has 2 aliphatic rings. The molecule has 5 nitrogen and oxygen atoms in total. The first-order chi connectivity index (χ1) is 13.2. The van der Waals surface area contributed by atoms with Gasteiger partial charge in [0.05, 0.1) is 10.6 Å². The number of pyridine rings is 1. The van der Waals surface area contributed by atoms with Gasteiger partial charge in [-0.05, 0) is 50.6 Å². The van der Waals surface area contributed by atoms with E-state index in [9.17, 15) is 22.4 Å². The molecule has 2 aromatic heterocycles. The highest BCUT2D eigenvalue weighted by Crippen LogP contribution is 2.36. The third-order valence-electron chi connectivity index (χ3n) is 4.90. The van der Waals surface area contributed by atoms with Crippen molar-refractivity contribution >= 4 is 23.1 Å². The molecule has 2 aromatic rings. The number of halogens is 4. The van der Waals surface area contributed by atoms with Gasteiger partial charge in [0, 0.05) is 11.6 Å². The zero-order valence-electron chi connectivity index (χ0n) is 14.7. The van der Waals surface area contributed by atoms with E-state index in [1.807, 2.05) is 6.92 Å². The molecule has 2 aliphatic heterocycles. The Morgan fingerprint density at radius 3 is 2.68 bits per heavy atom. The smallest absolute Gasteiger partial charge is 0.314 e. The number of nitrogens with zero attached hydrogens (tertiary/aromatic N) is 2. The molecule has 2 N–H and O–H groups in total. The Hall–Kier alpha value is -2.33. The number of aliphatic imine (C=N–C) groups is 1. The number of amidine groups is 1. The highest BCUT2D eigenvalue weighted by Gasteiger charge is 2.46. The second-order valence-corrected chi connectivity index (χ2v) is 7.98. The number of aromatic nitrogens is 1. The molecule has 0 unspecified atom stereocenters. The topological polar surface area (TPSA) is 66.4 Å². The molecule has 0 radical (unpaired) electrons. The molecule has 1 fully saturated rings. The normalized spacial score (nSPS) is 25.1. The van der Waals surface area contributed by atoms with Crippen LogP contribution in [0.2, 0.25) is 0 Å². The predicted octanol–water partition coefficient (Wildman–Crippen LogP) is 3.36. The van der Waals surface area contributed by atoms with Crippen molar-refractivity contribution < 1.29 is 22.4 Å². The summed E-state index contributed by atoms with van der Waals surface area (Å²) in [5, 5.41) is 5.40. The summed E-state index contributed by atoms with van der Waals surface area (Å²) in [7, 11) is 0. The van der Waals surface area contributed by atoms with Gasteiger partial charge in [0.15, 0.2) is 5.13 Å². The summed E-state index contributed by atoms with van der Waals surface area (Å²) in [4.78, 5) is 21.2. The van der Waals surface area contributed by atoms with Gasteiger partial charge in [0.1, 0.15) is 17.1 Å². The standard InChI is InChI=1S/C18H16F4N4OS/c1-9-8-17(6-7-23-9)16(27)25-15(26-17)10-2-4-12(18(20,21)22)24-14(10)11-3-5-13(19)28-11/h2-5,9,23H,6-8H2,1H3,(H,25,26,27)/t9-,17+/m0/s1. The minimum atomic E-state index is -4.64. The van der Waals surface area contributed by atoms with Gasteiger partial charge in [0.25, 0.3) is 5.91 Å². The van der Waals surface area contributed by atoms with Gasteiger partial charge < -0.3 is 10.6 Å². The van der Waals surface area contributed by atoms with Gasteiger partial charge in [-0.25, -0.2) is 4.98 Å². The van der Waals surface area contributed by atoms with Crippen LogP contribution in [0.4, 0.5) is 17.6 Å². The Labute approximate surface area is 161 Å². The molecule has 148 valence electrons. The molecular weight excluding hydrogens is 396 g/mol. The molecule has 4 heterocycles. The number of hydrogen-bond acceptors (Lipinski definition) is 5. The summed E-state index contributed by atoms with van der Waals surface area (Å²) >= 11 is 0.687. The van der Waals surface area contributed by atoms with Crippen molar-refractivity contribution in [3.05, 3.63) is 40.7 Å². The van der Waals surface area contributed by atoms with Crippen molar-refractivity contribution in [2.45, 2.75) is 37.5 Å². The molecule has 2 atom stereocenters. The van der Waals surface area contributed by atoms with E-state index in [-0.39, 0.29) is 33.9 Å². The fourth-order valence-electron chi connectivity index (χ4n) is 3.60. The quantitative estimate of drug-likeness (QED) is 0.744. The molecule has 0 aromatic carbocycles. The van der Waals surface area contributed by atoms with Gasteiger partial charge in [-0.15, -0.1) is 11.3 Å². The van der Waals surface area contributed by atoms with Gasteiger partial charge in [0.2, 0.25) is 0 Å². The number of piperidine rings is 1. The van der Waals surface area contributed by atoms with Crippen LogP contribution in [0, 0.1) is 5.13 Å². The molecule has 0 bridgehead atoms. The first-order valence-electron chi connectivity index (χ1n) is 8.67. The predicted molar refractivity (Wildman–Crippen MR) is 96.6 cm³/mol. The van der Waals surface area contributed by atoms with Crippen LogP contribution in [0.3, 0.4) is 0 Å². The first kappa shape index (κ1) is 19.0. The Kier molecular flexibility index (Phi) is 4.50. The first-order valence-corrected chi connectivity index (χ1v) is 9.49. The number of hydrogen-bond donors (Lipinski definition) is 2. The number of carbonyl (C=O) groups excluding carboxylic acids is 1. The zero-order valence-corrected chi connectivity index (χ0v) is 15.5. The van der Waals surface area contributed by atoms with E-state index in [2.05, 4.69) is 20.6 Å². The number of thiophene rings is 1. The van der Waals surface area contributed by atoms with Gasteiger partial charge in [-0.3, -0.25) is 9.79 Å². The lowest BCUT2D eigenvalue weighted by Gasteiger charge is -2.32. The summed E-state index contributed by atoms with van der Waals surface area (Å²) in [5.41, 5.74) is -1.84. The van der Waals surface area contributed by atoms with Gasteiger partial charge >= 0.3 is 6.18 Å². The molecule has 1 spiro atoms. The Balaban J connectivity index is 1.82. The Morgan fingerprint density at radius 1 is 1.25 bits per heavy atom. The maximum Gasteiger partial charge on any atom is 0.433 e.